The van der Waals surface area contributed by atoms with Gasteiger partial charge in [0.25, 0.3) is 0 Å². The monoisotopic (exact) mass is 556 g/mol. The summed E-state index contributed by atoms with van der Waals surface area (Å²) in [7, 11) is -3.83. The minimum atomic E-state index is -3.83. The fourth-order valence-corrected chi connectivity index (χ4v) is 6.26. The normalized spacial score (nSPS) is 18.1. The number of fused-ring (bicyclic) bond motifs is 1. The summed E-state index contributed by atoms with van der Waals surface area (Å²) < 4.78 is 42.4. The average Bonchev–Trinajstić information content (AvgIpc) is 3.29. The number of carboxylic acids is 1. The third-order valence-corrected chi connectivity index (χ3v) is 8.77. The number of carboxylic acid groups (broad SMARTS) is 1. The van der Waals surface area contributed by atoms with E-state index in [1.54, 1.807) is 49.0 Å². The number of aromatic nitrogens is 3. The molecular weight excluding hydrogens is 520 g/mol. The van der Waals surface area contributed by atoms with Crippen LogP contribution in [0.2, 0.25) is 0 Å². The van der Waals surface area contributed by atoms with Gasteiger partial charge in [-0.3, -0.25) is 9.48 Å². The van der Waals surface area contributed by atoms with Gasteiger partial charge in [-0.05, 0) is 62.9 Å². The highest BCUT2D eigenvalue weighted by Crippen LogP contribution is 2.39. The lowest BCUT2D eigenvalue weighted by Crippen LogP contribution is -2.36. The summed E-state index contributed by atoms with van der Waals surface area (Å²) in [5.74, 6) is -0.674. The molecule has 2 heterocycles. The van der Waals surface area contributed by atoms with Gasteiger partial charge in [-0.2, -0.15) is 4.31 Å². The Morgan fingerprint density at radius 3 is 2.72 bits per heavy atom. The number of ether oxygens (including phenoxy) is 2. The quantitative estimate of drug-likeness (QED) is 0.391. The average molecular weight is 557 g/mol. The molecule has 0 radical (unpaired) electrons. The first kappa shape index (κ1) is 28.7. The number of sulfonamides is 1. The number of hydrogen-bond acceptors (Lipinski definition) is 7. The summed E-state index contributed by atoms with van der Waals surface area (Å²) >= 11 is 0. The van der Waals surface area contributed by atoms with Crippen molar-refractivity contribution in [1.29, 1.82) is 0 Å². The van der Waals surface area contributed by atoms with E-state index in [0.29, 0.717) is 17.0 Å². The summed E-state index contributed by atoms with van der Waals surface area (Å²) in [4.78, 5) is 12.4. The van der Waals surface area contributed by atoms with Crippen molar-refractivity contribution in [3.8, 4) is 5.75 Å². The predicted molar refractivity (Wildman–Crippen MR) is 145 cm³/mol. The molecule has 0 fully saturated rings. The maximum atomic E-state index is 13.6. The largest absolute Gasteiger partial charge is 0.488 e. The van der Waals surface area contributed by atoms with Gasteiger partial charge in [-0.1, -0.05) is 42.5 Å². The maximum Gasteiger partial charge on any atom is 0.312 e. The number of aliphatic carboxylic acids is 1. The lowest BCUT2D eigenvalue weighted by Gasteiger charge is -2.31. The molecule has 1 aromatic heterocycles. The smallest absolute Gasteiger partial charge is 0.312 e. The second-order valence-corrected chi connectivity index (χ2v) is 12.5. The second kappa shape index (κ2) is 11.4. The van der Waals surface area contributed by atoms with E-state index in [1.165, 1.54) is 4.31 Å². The summed E-state index contributed by atoms with van der Waals surface area (Å²) in [5, 5.41) is 18.3. The third kappa shape index (κ3) is 6.15. The Labute approximate surface area is 229 Å². The molecule has 0 bridgehead atoms. The van der Waals surface area contributed by atoms with E-state index in [-0.39, 0.29) is 30.7 Å². The van der Waals surface area contributed by atoms with Gasteiger partial charge in [0, 0.05) is 13.1 Å². The van der Waals surface area contributed by atoms with Crippen LogP contribution in [0.1, 0.15) is 62.6 Å². The highest BCUT2D eigenvalue weighted by Gasteiger charge is 2.40. The van der Waals surface area contributed by atoms with Gasteiger partial charge in [0.1, 0.15) is 22.4 Å². The SMILES string of the molecule is CCCn1cc(CO[C@H](c2ccc(C)c(CN3C[C@@H](C)Oc4ccccc4S3(=O)=O)c2)C(C)(C)C(=O)O)nn1. The minimum absolute atomic E-state index is 0.0838. The fourth-order valence-electron chi connectivity index (χ4n) is 4.65. The van der Waals surface area contributed by atoms with Crippen molar-refractivity contribution in [2.45, 2.75) is 77.8 Å². The summed E-state index contributed by atoms with van der Waals surface area (Å²) in [5.41, 5.74) is 1.61. The molecule has 0 aliphatic carbocycles. The third-order valence-electron chi connectivity index (χ3n) is 6.92. The van der Waals surface area contributed by atoms with Crippen molar-refractivity contribution in [2.75, 3.05) is 6.54 Å². The molecule has 10 nitrogen and oxygen atoms in total. The Morgan fingerprint density at radius 2 is 2.00 bits per heavy atom. The van der Waals surface area contributed by atoms with Gasteiger partial charge in [-0.15, -0.1) is 5.10 Å². The van der Waals surface area contributed by atoms with Crippen LogP contribution in [0, 0.1) is 12.3 Å². The highest BCUT2D eigenvalue weighted by atomic mass is 32.2. The number of aryl methyl sites for hydroxylation is 2. The first-order valence-corrected chi connectivity index (χ1v) is 14.5. The highest BCUT2D eigenvalue weighted by molar-refractivity contribution is 7.89. The lowest BCUT2D eigenvalue weighted by atomic mass is 9.81. The van der Waals surface area contributed by atoms with Crippen LogP contribution in [0.3, 0.4) is 0 Å². The number of benzene rings is 2. The van der Waals surface area contributed by atoms with Crippen LogP contribution in [-0.2, 0) is 39.3 Å². The molecule has 3 aromatic rings. The van der Waals surface area contributed by atoms with Crippen LogP contribution in [0.4, 0.5) is 0 Å². The molecule has 1 N–H and O–H groups in total. The lowest BCUT2D eigenvalue weighted by molar-refractivity contribution is -0.158. The van der Waals surface area contributed by atoms with E-state index in [0.717, 1.165) is 24.1 Å². The topological polar surface area (TPSA) is 124 Å². The summed E-state index contributed by atoms with van der Waals surface area (Å²) in [6.07, 6.45) is 1.53. The van der Waals surface area contributed by atoms with Crippen LogP contribution < -0.4 is 4.74 Å². The number of hydrogen-bond donors (Lipinski definition) is 1. The molecule has 2 atom stereocenters. The van der Waals surface area contributed by atoms with Crippen molar-refractivity contribution in [3.63, 3.8) is 0 Å². The fraction of sp³-hybridized carbons (Fsp3) is 0.464. The molecule has 1 aliphatic heterocycles. The van der Waals surface area contributed by atoms with Gasteiger partial charge >= 0.3 is 5.97 Å². The standard InChI is InChI=1S/C28H36N4O6S/c1-6-13-31-17-23(29-30-31)18-37-26(28(4,5)27(33)34)21-12-11-19(2)22(14-21)16-32-15-20(3)38-24-9-7-8-10-25(24)39(32,35)36/h7-12,14,17,20,26H,6,13,15-16,18H2,1-5H3,(H,33,34)/t20-,26-/m1/s1. The first-order chi connectivity index (χ1) is 18.4. The van der Waals surface area contributed by atoms with Crippen molar-refractivity contribution < 1.29 is 27.8 Å². The van der Waals surface area contributed by atoms with Gasteiger partial charge in [0.15, 0.2) is 0 Å². The molecule has 0 spiro atoms. The minimum Gasteiger partial charge on any atom is -0.488 e. The second-order valence-electron chi connectivity index (χ2n) is 10.5. The Bertz CT molecular complexity index is 1440. The maximum absolute atomic E-state index is 13.6. The van der Waals surface area contributed by atoms with Crippen LogP contribution in [0.25, 0.3) is 0 Å². The molecule has 1 aliphatic rings. The summed E-state index contributed by atoms with van der Waals surface area (Å²) in [6.45, 7) is 10.1. The van der Waals surface area contributed by atoms with Crippen molar-refractivity contribution in [1.82, 2.24) is 19.3 Å². The zero-order chi connectivity index (χ0) is 28.4. The molecule has 0 amide bonds. The molecule has 39 heavy (non-hydrogen) atoms. The number of carbonyl (C=O) groups is 1. The molecule has 0 saturated heterocycles. The summed E-state index contributed by atoms with van der Waals surface area (Å²) in [6, 6.07) is 12.2. The molecule has 2 aromatic carbocycles. The van der Waals surface area contributed by atoms with E-state index in [1.807, 2.05) is 39.0 Å². The Hall–Kier alpha value is -3.28. The van der Waals surface area contributed by atoms with Crippen LogP contribution in [-0.4, -0.2) is 51.4 Å². The zero-order valence-electron chi connectivity index (χ0n) is 23.0. The van der Waals surface area contributed by atoms with Crippen LogP contribution in [0.15, 0.2) is 53.6 Å². The van der Waals surface area contributed by atoms with E-state index in [9.17, 15) is 18.3 Å². The van der Waals surface area contributed by atoms with Crippen molar-refractivity contribution >= 4 is 16.0 Å². The zero-order valence-corrected chi connectivity index (χ0v) is 23.8. The van der Waals surface area contributed by atoms with Gasteiger partial charge < -0.3 is 14.6 Å². The van der Waals surface area contributed by atoms with E-state index >= 15 is 0 Å². The molecule has 0 unspecified atom stereocenters. The molecule has 11 heteroatoms. The molecular formula is C28H36N4O6S. The Kier molecular flexibility index (Phi) is 8.43. The van der Waals surface area contributed by atoms with Gasteiger partial charge in [0.2, 0.25) is 10.0 Å². The molecule has 210 valence electrons. The van der Waals surface area contributed by atoms with Crippen molar-refractivity contribution in [2.24, 2.45) is 5.41 Å². The molecule has 0 saturated carbocycles. The van der Waals surface area contributed by atoms with Gasteiger partial charge in [0.05, 0.1) is 30.9 Å². The Morgan fingerprint density at radius 1 is 1.26 bits per heavy atom. The predicted octanol–water partition coefficient (Wildman–Crippen LogP) is 4.34. The van der Waals surface area contributed by atoms with Crippen LogP contribution in [0.5, 0.6) is 5.75 Å². The number of nitrogens with zero attached hydrogens (tertiary/aromatic N) is 4. The van der Waals surface area contributed by atoms with E-state index < -0.39 is 27.5 Å². The van der Waals surface area contributed by atoms with E-state index in [2.05, 4.69) is 10.3 Å². The Balaban J connectivity index is 1.65. The first-order valence-electron chi connectivity index (χ1n) is 13.0. The van der Waals surface area contributed by atoms with Crippen molar-refractivity contribution in [3.05, 3.63) is 71.0 Å². The van der Waals surface area contributed by atoms with Crippen LogP contribution >= 0.6 is 0 Å². The molecule has 4 rings (SSSR count). The van der Waals surface area contributed by atoms with E-state index in [4.69, 9.17) is 9.47 Å². The number of rotatable bonds is 10. The number of para-hydroxylation sites is 1. The van der Waals surface area contributed by atoms with Gasteiger partial charge in [-0.25, -0.2) is 8.42 Å².